The third-order valence-electron chi connectivity index (χ3n) is 10.9. The molecule has 0 atom stereocenters. The first-order valence-electron chi connectivity index (χ1n) is 17.1. The molecule has 0 aliphatic heterocycles. The van der Waals surface area contributed by atoms with Crippen LogP contribution in [-0.4, -0.2) is 28.9 Å². The van der Waals surface area contributed by atoms with E-state index < -0.39 is 0 Å². The molecular formula is C44H22N6O. The van der Waals surface area contributed by atoms with Gasteiger partial charge in [0.15, 0.2) is 0 Å². The molecular weight excluding hydrogens is 629 g/mol. The molecule has 0 spiro atoms. The molecule has 7 aromatic heterocycles. The Kier molecular flexibility index (Phi) is 4.51. The zero-order chi connectivity index (χ0) is 32.9. The van der Waals surface area contributed by atoms with Gasteiger partial charge < -0.3 is 8.82 Å². The standard InChI is InChI=1S/C44H22N6O/c1-3-10-29-28(9-1)40(25-21-24-15-14-23-7-6-20-45-41(23)42(24)46-22-25)48-44(47-29)50-32-13-5-12-31-36(32)37-33(50)17-19-34-38(37)39-35(51-34)18-16-27-26-8-2-4-11-30(26)49(31)43(27)39/h1-22H. The maximum absolute atomic E-state index is 6.58. The zero-order valence-corrected chi connectivity index (χ0v) is 26.8. The second-order valence-electron chi connectivity index (χ2n) is 13.5. The van der Waals surface area contributed by atoms with Gasteiger partial charge in [0, 0.05) is 61.0 Å². The summed E-state index contributed by atoms with van der Waals surface area (Å²) in [6.45, 7) is 0. The van der Waals surface area contributed by atoms with Crippen LogP contribution >= 0.6 is 0 Å². The second kappa shape index (κ2) is 8.91. The number of benzene rings is 6. The van der Waals surface area contributed by atoms with Crippen molar-refractivity contribution in [1.29, 1.82) is 0 Å². The van der Waals surface area contributed by atoms with E-state index in [1.54, 1.807) is 0 Å². The van der Waals surface area contributed by atoms with Crippen LogP contribution < -0.4 is 0 Å². The number of hydrogen-bond donors (Lipinski definition) is 0. The maximum Gasteiger partial charge on any atom is 0.235 e. The van der Waals surface area contributed by atoms with Crippen molar-refractivity contribution in [1.82, 2.24) is 28.9 Å². The number of hydrogen-bond acceptors (Lipinski definition) is 5. The Balaban J connectivity index is 1.18. The van der Waals surface area contributed by atoms with E-state index in [0.29, 0.717) is 5.95 Å². The number of fused-ring (bicyclic) bond motifs is 8. The van der Waals surface area contributed by atoms with E-state index in [1.165, 1.54) is 21.8 Å². The summed E-state index contributed by atoms with van der Waals surface area (Å²) in [6, 6.07) is 42.5. The predicted octanol–water partition coefficient (Wildman–Crippen LogP) is 10.8. The second-order valence-corrected chi connectivity index (χ2v) is 13.5. The molecule has 13 rings (SSSR count). The smallest absolute Gasteiger partial charge is 0.235 e. The summed E-state index contributed by atoms with van der Waals surface area (Å²) in [4.78, 5) is 20.3. The number of furan rings is 1. The van der Waals surface area contributed by atoms with Gasteiger partial charge in [-0.25, -0.2) is 9.97 Å². The van der Waals surface area contributed by atoms with Crippen LogP contribution in [0.1, 0.15) is 0 Å². The largest absolute Gasteiger partial charge is 0.456 e. The molecule has 51 heavy (non-hydrogen) atoms. The monoisotopic (exact) mass is 650 g/mol. The molecule has 0 bridgehead atoms. The van der Waals surface area contributed by atoms with Crippen molar-refractivity contribution >= 4 is 104 Å². The third-order valence-corrected chi connectivity index (χ3v) is 10.9. The van der Waals surface area contributed by atoms with Gasteiger partial charge in [0.2, 0.25) is 5.95 Å². The van der Waals surface area contributed by atoms with E-state index in [0.717, 1.165) is 93.2 Å². The van der Waals surface area contributed by atoms with Gasteiger partial charge in [-0.2, -0.15) is 0 Å². The van der Waals surface area contributed by atoms with Crippen molar-refractivity contribution < 1.29 is 4.42 Å². The van der Waals surface area contributed by atoms with Gasteiger partial charge >= 0.3 is 0 Å². The zero-order valence-electron chi connectivity index (χ0n) is 26.8. The quantitative estimate of drug-likeness (QED) is 0.174. The van der Waals surface area contributed by atoms with Crippen LogP contribution in [0.25, 0.3) is 121 Å². The lowest BCUT2D eigenvalue weighted by molar-refractivity contribution is 0.669. The van der Waals surface area contributed by atoms with E-state index >= 15 is 0 Å². The summed E-state index contributed by atoms with van der Waals surface area (Å²) in [5.41, 5.74) is 11.7. The minimum Gasteiger partial charge on any atom is -0.456 e. The van der Waals surface area contributed by atoms with E-state index in [1.807, 2.05) is 30.6 Å². The Hall–Kier alpha value is -7.12. The summed E-state index contributed by atoms with van der Waals surface area (Å²) in [6.07, 6.45) is 3.74. The number of aromatic nitrogens is 6. The van der Waals surface area contributed by atoms with Crippen molar-refractivity contribution in [2.75, 3.05) is 0 Å². The van der Waals surface area contributed by atoms with Crippen LogP contribution in [0.4, 0.5) is 0 Å². The first-order chi connectivity index (χ1) is 25.3. The van der Waals surface area contributed by atoms with Gasteiger partial charge in [0.25, 0.3) is 0 Å². The molecule has 7 nitrogen and oxygen atoms in total. The molecule has 0 fully saturated rings. The molecule has 0 unspecified atom stereocenters. The van der Waals surface area contributed by atoms with Crippen LogP contribution in [0.3, 0.4) is 0 Å². The molecule has 13 aromatic rings. The molecule has 0 saturated heterocycles. The highest BCUT2D eigenvalue weighted by molar-refractivity contribution is 6.37. The van der Waals surface area contributed by atoms with Crippen molar-refractivity contribution in [2.24, 2.45) is 0 Å². The first-order valence-corrected chi connectivity index (χ1v) is 17.1. The van der Waals surface area contributed by atoms with Crippen LogP contribution in [0, 0.1) is 0 Å². The minimum atomic E-state index is 0.608. The van der Waals surface area contributed by atoms with Gasteiger partial charge in [-0.3, -0.25) is 14.5 Å². The SMILES string of the molecule is c1cnc2c(c1)ccc1cc(-c3nc(-n4c5ccc6oc7ccc8c9ccccc9n9c%10cccc4c%10c5c6c7c89)nc4ccccc34)cnc12. The molecule has 0 radical (unpaired) electrons. The lowest BCUT2D eigenvalue weighted by atomic mass is 10.0. The number of pyridine rings is 2. The van der Waals surface area contributed by atoms with E-state index in [-0.39, 0.29) is 0 Å². The average molecular weight is 651 g/mol. The summed E-state index contributed by atoms with van der Waals surface area (Å²) in [5, 5.41) is 10.1. The predicted molar refractivity (Wildman–Crippen MR) is 206 cm³/mol. The number of nitrogens with zero attached hydrogens (tertiary/aromatic N) is 6. The summed E-state index contributed by atoms with van der Waals surface area (Å²) < 4.78 is 11.2. The molecule has 0 amide bonds. The van der Waals surface area contributed by atoms with Gasteiger partial charge in [-0.1, -0.05) is 60.7 Å². The molecule has 0 saturated carbocycles. The average Bonchev–Trinajstić information content (AvgIpc) is 3.81. The molecule has 0 aliphatic rings. The van der Waals surface area contributed by atoms with E-state index in [4.69, 9.17) is 19.4 Å². The first kappa shape index (κ1) is 25.8. The highest BCUT2D eigenvalue weighted by Crippen LogP contribution is 2.48. The van der Waals surface area contributed by atoms with Gasteiger partial charge in [-0.15, -0.1) is 0 Å². The Morgan fingerprint density at radius 1 is 0.510 bits per heavy atom. The summed E-state index contributed by atoms with van der Waals surface area (Å²) >= 11 is 0. The molecule has 234 valence electrons. The third kappa shape index (κ3) is 3.11. The maximum atomic E-state index is 6.58. The summed E-state index contributed by atoms with van der Waals surface area (Å²) in [7, 11) is 0. The van der Waals surface area contributed by atoms with Crippen LogP contribution in [0.5, 0.6) is 0 Å². The Labute approximate surface area is 287 Å². The van der Waals surface area contributed by atoms with E-state index in [2.05, 4.69) is 117 Å². The fraction of sp³-hybridized carbons (Fsp3) is 0. The minimum absolute atomic E-state index is 0.608. The molecule has 7 heterocycles. The Morgan fingerprint density at radius 3 is 2.27 bits per heavy atom. The van der Waals surface area contributed by atoms with Crippen molar-refractivity contribution in [3.05, 3.63) is 134 Å². The van der Waals surface area contributed by atoms with Crippen LogP contribution in [-0.2, 0) is 0 Å². The summed E-state index contributed by atoms with van der Waals surface area (Å²) in [5.74, 6) is 0.608. The fourth-order valence-electron chi connectivity index (χ4n) is 8.83. The molecule has 0 N–H and O–H groups in total. The lowest BCUT2D eigenvalue weighted by Gasteiger charge is -2.12. The van der Waals surface area contributed by atoms with Crippen molar-refractivity contribution in [3.8, 4) is 17.2 Å². The van der Waals surface area contributed by atoms with Crippen molar-refractivity contribution in [2.45, 2.75) is 0 Å². The number of para-hydroxylation sites is 2. The lowest BCUT2D eigenvalue weighted by Crippen LogP contribution is -2.03. The van der Waals surface area contributed by atoms with E-state index in [9.17, 15) is 0 Å². The highest BCUT2D eigenvalue weighted by Gasteiger charge is 2.27. The van der Waals surface area contributed by atoms with Gasteiger partial charge in [-0.05, 0) is 60.7 Å². The highest BCUT2D eigenvalue weighted by atomic mass is 16.3. The normalized spacial score (nSPS) is 12.7. The Morgan fingerprint density at radius 2 is 1.29 bits per heavy atom. The molecule has 7 heteroatoms. The molecule has 0 aliphatic carbocycles. The van der Waals surface area contributed by atoms with Crippen LogP contribution in [0.2, 0.25) is 0 Å². The topological polar surface area (TPSA) is 74.0 Å². The van der Waals surface area contributed by atoms with Crippen molar-refractivity contribution in [3.63, 3.8) is 0 Å². The molecule has 6 aromatic carbocycles. The van der Waals surface area contributed by atoms with Gasteiger partial charge in [0.1, 0.15) is 11.2 Å². The van der Waals surface area contributed by atoms with Crippen LogP contribution in [0.15, 0.2) is 138 Å². The fourth-order valence-corrected chi connectivity index (χ4v) is 8.83. The number of rotatable bonds is 2. The van der Waals surface area contributed by atoms with Gasteiger partial charge in [0.05, 0.1) is 55.2 Å². The Bertz CT molecular complexity index is 3610.